The van der Waals surface area contributed by atoms with Gasteiger partial charge in [0.15, 0.2) is 5.11 Å². The van der Waals surface area contributed by atoms with Crippen molar-refractivity contribution in [3.05, 3.63) is 23.5 Å². The van der Waals surface area contributed by atoms with Gasteiger partial charge < -0.3 is 10.2 Å². The fourth-order valence-electron chi connectivity index (χ4n) is 0.953. The zero-order valence-corrected chi connectivity index (χ0v) is 9.69. The normalized spacial score (nSPS) is 9.64. The quantitative estimate of drug-likeness (QED) is 0.621. The third-order valence-electron chi connectivity index (χ3n) is 1.73. The molecule has 0 spiro atoms. The predicted molar refractivity (Wildman–Crippen MR) is 63.9 cm³/mol. The molecule has 0 atom stereocenters. The summed E-state index contributed by atoms with van der Waals surface area (Å²) in [4.78, 5) is 5.83. The Labute approximate surface area is 94.1 Å². The highest BCUT2D eigenvalue weighted by Crippen LogP contribution is 2.13. The van der Waals surface area contributed by atoms with Gasteiger partial charge in [-0.1, -0.05) is 11.6 Å². The lowest BCUT2D eigenvalue weighted by atomic mass is 10.4. The first-order valence-electron chi connectivity index (χ1n) is 4.28. The molecule has 0 saturated heterocycles. The zero-order chi connectivity index (χ0) is 10.6. The third-order valence-corrected chi connectivity index (χ3v) is 2.37. The van der Waals surface area contributed by atoms with Gasteiger partial charge in [-0.2, -0.15) is 0 Å². The lowest BCUT2D eigenvalue weighted by molar-refractivity contribution is 0.955. The van der Waals surface area contributed by atoms with Gasteiger partial charge in [0.1, 0.15) is 5.15 Å². The van der Waals surface area contributed by atoms with Crippen LogP contribution in [0, 0.1) is 0 Å². The van der Waals surface area contributed by atoms with Crippen LogP contribution in [-0.4, -0.2) is 23.7 Å². The zero-order valence-electron chi connectivity index (χ0n) is 8.12. The van der Waals surface area contributed by atoms with Crippen LogP contribution in [0.2, 0.25) is 5.15 Å². The van der Waals surface area contributed by atoms with Crippen LogP contribution in [0.1, 0.15) is 6.92 Å². The Morgan fingerprint density at radius 2 is 2.36 bits per heavy atom. The minimum Gasteiger partial charge on any atom is -0.363 e. The topological polar surface area (TPSA) is 28.2 Å². The Bertz CT molecular complexity index is 312. The van der Waals surface area contributed by atoms with E-state index in [1.54, 1.807) is 12.3 Å². The number of thiocarbonyl (C=S) groups is 1. The van der Waals surface area contributed by atoms with Gasteiger partial charge in [-0.05, 0) is 31.3 Å². The first-order valence-corrected chi connectivity index (χ1v) is 5.07. The SMILES string of the molecule is CCNC(=S)N(C)c1ccc(Cl)nc1. The van der Waals surface area contributed by atoms with Gasteiger partial charge in [-0.3, -0.25) is 0 Å². The number of aromatic nitrogens is 1. The first kappa shape index (κ1) is 11.2. The van der Waals surface area contributed by atoms with E-state index < -0.39 is 0 Å². The standard InChI is InChI=1S/C9H12ClN3S/c1-3-11-9(14)13(2)7-4-5-8(10)12-6-7/h4-6H,3H2,1-2H3,(H,11,14). The van der Waals surface area contributed by atoms with Gasteiger partial charge in [-0.25, -0.2) is 4.98 Å². The van der Waals surface area contributed by atoms with E-state index in [9.17, 15) is 0 Å². The highest BCUT2D eigenvalue weighted by Gasteiger charge is 2.05. The second-order valence-electron chi connectivity index (χ2n) is 2.73. The molecule has 1 rings (SSSR count). The van der Waals surface area contributed by atoms with Gasteiger partial charge in [0.05, 0.1) is 11.9 Å². The minimum atomic E-state index is 0.483. The second-order valence-corrected chi connectivity index (χ2v) is 3.51. The van der Waals surface area contributed by atoms with Gasteiger partial charge >= 0.3 is 0 Å². The van der Waals surface area contributed by atoms with Crippen LogP contribution in [0.15, 0.2) is 18.3 Å². The number of pyridine rings is 1. The molecule has 1 aromatic rings. The van der Waals surface area contributed by atoms with Crippen molar-refractivity contribution in [3.63, 3.8) is 0 Å². The molecule has 5 heteroatoms. The molecule has 3 nitrogen and oxygen atoms in total. The van der Waals surface area contributed by atoms with Crippen LogP contribution in [0.4, 0.5) is 5.69 Å². The molecule has 76 valence electrons. The van der Waals surface area contributed by atoms with Crippen molar-refractivity contribution in [2.24, 2.45) is 0 Å². The summed E-state index contributed by atoms with van der Waals surface area (Å²) >= 11 is 10.8. The number of rotatable bonds is 2. The molecule has 0 unspecified atom stereocenters. The number of nitrogens with zero attached hydrogens (tertiary/aromatic N) is 2. The fourth-order valence-corrected chi connectivity index (χ4v) is 1.32. The summed E-state index contributed by atoms with van der Waals surface area (Å²) in [6.07, 6.45) is 1.69. The Kier molecular flexibility index (Phi) is 4.10. The molecule has 0 aliphatic rings. The maximum Gasteiger partial charge on any atom is 0.173 e. The van der Waals surface area contributed by atoms with Crippen LogP contribution in [0.25, 0.3) is 0 Å². The number of nitrogens with one attached hydrogen (secondary N) is 1. The molecular weight excluding hydrogens is 218 g/mol. The Hall–Kier alpha value is -0.870. The van der Waals surface area contributed by atoms with Crippen LogP contribution >= 0.6 is 23.8 Å². The van der Waals surface area contributed by atoms with Crippen molar-refractivity contribution < 1.29 is 0 Å². The van der Waals surface area contributed by atoms with E-state index in [1.807, 2.05) is 24.9 Å². The largest absolute Gasteiger partial charge is 0.363 e. The molecule has 0 aliphatic carbocycles. The molecule has 0 radical (unpaired) electrons. The average Bonchev–Trinajstić information content (AvgIpc) is 2.18. The minimum absolute atomic E-state index is 0.483. The van der Waals surface area contributed by atoms with Gasteiger partial charge in [-0.15, -0.1) is 0 Å². The molecule has 1 N–H and O–H groups in total. The van der Waals surface area contributed by atoms with Gasteiger partial charge in [0.25, 0.3) is 0 Å². The molecule has 1 heterocycles. The maximum atomic E-state index is 5.68. The van der Waals surface area contributed by atoms with E-state index in [0.29, 0.717) is 10.3 Å². The first-order chi connectivity index (χ1) is 6.65. The average molecular weight is 230 g/mol. The van der Waals surface area contributed by atoms with Gasteiger partial charge in [0, 0.05) is 13.6 Å². The van der Waals surface area contributed by atoms with E-state index in [1.165, 1.54) is 0 Å². The van der Waals surface area contributed by atoms with E-state index in [2.05, 4.69) is 10.3 Å². The summed E-state index contributed by atoms with van der Waals surface area (Å²) in [6.45, 7) is 2.81. The summed E-state index contributed by atoms with van der Waals surface area (Å²) < 4.78 is 0. The smallest absolute Gasteiger partial charge is 0.173 e. The molecule has 0 bridgehead atoms. The predicted octanol–water partition coefficient (Wildman–Crippen LogP) is 2.07. The monoisotopic (exact) mass is 229 g/mol. The molecular formula is C9H12ClN3S. The van der Waals surface area contributed by atoms with Crippen molar-refractivity contribution >= 4 is 34.6 Å². The number of hydrogen-bond donors (Lipinski definition) is 1. The number of halogens is 1. The van der Waals surface area contributed by atoms with Gasteiger partial charge in [0.2, 0.25) is 0 Å². The molecule has 14 heavy (non-hydrogen) atoms. The Morgan fingerprint density at radius 1 is 1.64 bits per heavy atom. The molecule has 0 amide bonds. The van der Waals surface area contributed by atoms with Crippen molar-refractivity contribution in [2.45, 2.75) is 6.92 Å². The van der Waals surface area contributed by atoms with Crippen molar-refractivity contribution in [2.75, 3.05) is 18.5 Å². The van der Waals surface area contributed by atoms with Crippen LogP contribution in [0.5, 0.6) is 0 Å². The molecule has 0 fully saturated rings. The lowest BCUT2D eigenvalue weighted by Crippen LogP contribution is -2.36. The van der Waals surface area contributed by atoms with Crippen molar-refractivity contribution in [1.29, 1.82) is 0 Å². The van der Waals surface area contributed by atoms with Crippen LogP contribution < -0.4 is 10.2 Å². The Morgan fingerprint density at radius 3 is 2.86 bits per heavy atom. The van der Waals surface area contributed by atoms with Crippen LogP contribution in [0.3, 0.4) is 0 Å². The summed E-state index contributed by atoms with van der Waals surface area (Å²) in [7, 11) is 1.88. The van der Waals surface area contributed by atoms with E-state index in [0.717, 1.165) is 12.2 Å². The highest BCUT2D eigenvalue weighted by molar-refractivity contribution is 7.80. The molecule has 0 aromatic carbocycles. The summed E-state index contributed by atoms with van der Waals surface area (Å²) in [6, 6.07) is 3.61. The van der Waals surface area contributed by atoms with E-state index in [4.69, 9.17) is 23.8 Å². The maximum absolute atomic E-state index is 5.68. The number of anilines is 1. The van der Waals surface area contributed by atoms with Crippen molar-refractivity contribution in [1.82, 2.24) is 10.3 Å². The van der Waals surface area contributed by atoms with E-state index >= 15 is 0 Å². The number of hydrogen-bond acceptors (Lipinski definition) is 2. The summed E-state index contributed by atoms with van der Waals surface area (Å²) in [5.41, 5.74) is 0.917. The van der Waals surface area contributed by atoms with Crippen molar-refractivity contribution in [3.8, 4) is 0 Å². The summed E-state index contributed by atoms with van der Waals surface area (Å²) in [5, 5.41) is 4.22. The lowest BCUT2D eigenvalue weighted by Gasteiger charge is -2.19. The Balaban J connectivity index is 2.73. The molecule has 1 aromatic heterocycles. The molecule has 0 aliphatic heterocycles. The molecule has 0 saturated carbocycles. The second kappa shape index (κ2) is 5.12. The van der Waals surface area contributed by atoms with Crippen LogP contribution in [-0.2, 0) is 0 Å². The fraction of sp³-hybridized carbons (Fsp3) is 0.333. The highest BCUT2D eigenvalue weighted by atomic mass is 35.5. The van der Waals surface area contributed by atoms with E-state index in [-0.39, 0.29) is 0 Å². The summed E-state index contributed by atoms with van der Waals surface area (Å²) in [5.74, 6) is 0. The third kappa shape index (κ3) is 2.82.